The number of rotatable bonds is 3. The average Bonchev–Trinajstić information content (AvgIpc) is 2.94. The molecule has 2 heterocycles. The van der Waals surface area contributed by atoms with Gasteiger partial charge in [-0.15, -0.1) is 0 Å². The van der Waals surface area contributed by atoms with Crippen LogP contribution in [0.25, 0.3) is 0 Å². The van der Waals surface area contributed by atoms with Crippen LogP contribution >= 0.6 is 0 Å². The van der Waals surface area contributed by atoms with Gasteiger partial charge in [0.15, 0.2) is 17.3 Å². The number of aryl methyl sites for hydroxylation is 1. The third-order valence-corrected chi connectivity index (χ3v) is 3.43. The number of hydrogen-bond acceptors (Lipinski definition) is 4. The van der Waals surface area contributed by atoms with E-state index in [1.54, 1.807) is 30.0 Å². The van der Waals surface area contributed by atoms with E-state index in [-0.39, 0.29) is 12.4 Å². The van der Waals surface area contributed by atoms with Crippen molar-refractivity contribution >= 4 is 5.78 Å². The van der Waals surface area contributed by atoms with Crippen LogP contribution in [0.4, 0.5) is 0 Å². The first-order valence-corrected chi connectivity index (χ1v) is 6.61. The minimum absolute atomic E-state index is 0.168. The minimum Gasteiger partial charge on any atom is -0.485 e. The Balaban J connectivity index is 1.93. The topological polar surface area (TPSA) is 53.4 Å². The second-order valence-corrected chi connectivity index (χ2v) is 4.93. The summed E-state index contributed by atoms with van der Waals surface area (Å²) in [4.78, 5) is 16.8. The average molecular weight is 272 g/mol. The fraction of sp³-hybridized carbons (Fsp3) is 0.333. The molecule has 0 amide bonds. The highest BCUT2D eigenvalue weighted by Gasteiger charge is 2.42. The van der Waals surface area contributed by atoms with E-state index in [2.05, 4.69) is 4.98 Å². The third-order valence-electron chi connectivity index (χ3n) is 3.43. The summed E-state index contributed by atoms with van der Waals surface area (Å²) in [7, 11) is 0. The normalized spacial score (nSPS) is 20.7. The molecule has 1 aromatic heterocycles. The maximum atomic E-state index is 12.7. The van der Waals surface area contributed by atoms with Crippen LogP contribution in [0.5, 0.6) is 11.5 Å². The van der Waals surface area contributed by atoms with E-state index in [1.807, 2.05) is 25.1 Å². The first-order valence-electron chi connectivity index (χ1n) is 6.61. The molecule has 0 radical (unpaired) electrons. The van der Waals surface area contributed by atoms with Crippen molar-refractivity contribution in [2.24, 2.45) is 0 Å². The molecule has 5 heteroatoms. The molecule has 1 unspecified atom stereocenters. The molecule has 0 spiro atoms. The number of ether oxygens (including phenoxy) is 2. The minimum atomic E-state index is -1.05. The number of carbonyl (C=O) groups excluding carboxylic acids is 1. The fourth-order valence-corrected chi connectivity index (χ4v) is 2.26. The van der Waals surface area contributed by atoms with Gasteiger partial charge in [-0.25, -0.2) is 4.98 Å². The van der Waals surface area contributed by atoms with Crippen molar-refractivity contribution in [1.29, 1.82) is 0 Å². The Labute approximate surface area is 117 Å². The number of hydrogen-bond donors (Lipinski definition) is 0. The van der Waals surface area contributed by atoms with E-state index in [0.717, 1.165) is 0 Å². The number of nitrogens with zero attached hydrogens (tertiary/aromatic N) is 2. The predicted molar refractivity (Wildman–Crippen MR) is 73.2 cm³/mol. The van der Waals surface area contributed by atoms with Crippen LogP contribution in [-0.4, -0.2) is 27.5 Å². The van der Waals surface area contributed by atoms with Gasteiger partial charge in [0.2, 0.25) is 11.4 Å². The van der Waals surface area contributed by atoms with Crippen LogP contribution in [0, 0.1) is 0 Å². The summed E-state index contributed by atoms with van der Waals surface area (Å²) < 4.78 is 13.3. The molecule has 1 atom stereocenters. The van der Waals surface area contributed by atoms with Gasteiger partial charge >= 0.3 is 0 Å². The number of ketones is 1. The van der Waals surface area contributed by atoms with Gasteiger partial charge in [0.25, 0.3) is 0 Å². The third kappa shape index (κ3) is 1.95. The lowest BCUT2D eigenvalue weighted by molar-refractivity contribution is 0.0113. The second-order valence-electron chi connectivity index (χ2n) is 4.93. The zero-order valence-corrected chi connectivity index (χ0v) is 11.5. The maximum absolute atomic E-state index is 12.7. The Bertz CT molecular complexity index is 650. The van der Waals surface area contributed by atoms with Crippen LogP contribution in [0.2, 0.25) is 0 Å². The molecule has 1 aliphatic heterocycles. The molecule has 5 nitrogen and oxygen atoms in total. The molecule has 0 aliphatic carbocycles. The number of imidazole rings is 1. The number of carbonyl (C=O) groups is 1. The number of aromatic nitrogens is 2. The Morgan fingerprint density at radius 1 is 1.40 bits per heavy atom. The SMILES string of the molecule is CCn1ccnc1C(=O)C1(C)COc2ccccc2O1. The van der Waals surface area contributed by atoms with Crippen LogP contribution in [0.15, 0.2) is 36.7 Å². The van der Waals surface area contributed by atoms with Gasteiger partial charge in [0, 0.05) is 18.9 Å². The lowest BCUT2D eigenvalue weighted by Crippen LogP contribution is -2.50. The molecular formula is C15H16N2O3. The maximum Gasteiger partial charge on any atom is 0.244 e. The summed E-state index contributed by atoms with van der Waals surface area (Å²) in [6.07, 6.45) is 3.41. The van der Waals surface area contributed by atoms with E-state index in [9.17, 15) is 4.79 Å². The zero-order valence-electron chi connectivity index (χ0n) is 11.5. The molecule has 104 valence electrons. The summed E-state index contributed by atoms with van der Waals surface area (Å²) in [6, 6.07) is 7.35. The standard InChI is InChI=1S/C15H16N2O3/c1-3-17-9-8-16-14(17)13(18)15(2)10-19-11-6-4-5-7-12(11)20-15/h4-9H,3,10H2,1-2H3. The highest BCUT2D eigenvalue weighted by Crippen LogP contribution is 2.35. The highest BCUT2D eigenvalue weighted by molar-refractivity contribution is 6.00. The van der Waals surface area contributed by atoms with Gasteiger partial charge in [0.05, 0.1) is 0 Å². The van der Waals surface area contributed by atoms with Crippen molar-refractivity contribution in [1.82, 2.24) is 9.55 Å². The summed E-state index contributed by atoms with van der Waals surface area (Å²) in [6.45, 7) is 4.57. The van der Waals surface area contributed by atoms with Crippen molar-refractivity contribution in [2.45, 2.75) is 26.0 Å². The summed E-state index contributed by atoms with van der Waals surface area (Å²) in [5.74, 6) is 1.48. The number of fused-ring (bicyclic) bond motifs is 1. The van der Waals surface area contributed by atoms with Crippen molar-refractivity contribution in [3.63, 3.8) is 0 Å². The Morgan fingerprint density at radius 2 is 2.15 bits per heavy atom. The van der Waals surface area contributed by atoms with Gasteiger partial charge < -0.3 is 14.0 Å². The lowest BCUT2D eigenvalue weighted by atomic mass is 9.99. The Kier molecular flexibility index (Phi) is 2.97. The lowest BCUT2D eigenvalue weighted by Gasteiger charge is -2.33. The quantitative estimate of drug-likeness (QED) is 0.805. The molecule has 1 aliphatic rings. The van der Waals surface area contributed by atoms with Crippen LogP contribution in [0.1, 0.15) is 24.5 Å². The predicted octanol–water partition coefficient (Wildman–Crippen LogP) is 2.32. The van der Waals surface area contributed by atoms with Gasteiger partial charge in [0.1, 0.15) is 6.61 Å². The fourth-order valence-electron chi connectivity index (χ4n) is 2.26. The summed E-state index contributed by atoms with van der Waals surface area (Å²) in [5.41, 5.74) is -1.05. The molecule has 2 aromatic rings. The van der Waals surface area contributed by atoms with Gasteiger partial charge in [-0.2, -0.15) is 0 Å². The van der Waals surface area contributed by atoms with E-state index in [0.29, 0.717) is 23.9 Å². The van der Waals surface area contributed by atoms with E-state index < -0.39 is 5.60 Å². The largest absolute Gasteiger partial charge is 0.485 e. The Morgan fingerprint density at radius 3 is 2.90 bits per heavy atom. The molecular weight excluding hydrogens is 256 g/mol. The van der Waals surface area contributed by atoms with Crippen LogP contribution < -0.4 is 9.47 Å². The number of benzene rings is 1. The van der Waals surface area contributed by atoms with Crippen molar-refractivity contribution in [3.05, 3.63) is 42.5 Å². The first kappa shape index (κ1) is 12.7. The monoisotopic (exact) mass is 272 g/mol. The van der Waals surface area contributed by atoms with Crippen LogP contribution in [-0.2, 0) is 6.54 Å². The van der Waals surface area contributed by atoms with Gasteiger partial charge in [-0.05, 0) is 26.0 Å². The molecule has 3 rings (SSSR count). The number of Topliss-reactive ketones (excluding diaryl/α,β-unsaturated/α-hetero) is 1. The smallest absolute Gasteiger partial charge is 0.244 e. The molecule has 1 aromatic carbocycles. The van der Waals surface area contributed by atoms with Crippen molar-refractivity contribution in [2.75, 3.05) is 6.61 Å². The summed E-state index contributed by atoms with van der Waals surface area (Å²) in [5, 5.41) is 0. The van der Waals surface area contributed by atoms with E-state index in [4.69, 9.17) is 9.47 Å². The highest BCUT2D eigenvalue weighted by atomic mass is 16.6. The van der Waals surface area contributed by atoms with E-state index in [1.165, 1.54) is 0 Å². The van der Waals surface area contributed by atoms with Crippen molar-refractivity contribution in [3.8, 4) is 11.5 Å². The zero-order chi connectivity index (χ0) is 14.2. The Hall–Kier alpha value is -2.30. The van der Waals surface area contributed by atoms with Gasteiger partial charge in [-0.3, -0.25) is 4.79 Å². The van der Waals surface area contributed by atoms with Crippen molar-refractivity contribution < 1.29 is 14.3 Å². The molecule has 0 saturated carbocycles. The van der Waals surface area contributed by atoms with Gasteiger partial charge in [-0.1, -0.05) is 12.1 Å². The molecule has 0 bridgehead atoms. The first-order chi connectivity index (χ1) is 9.64. The number of para-hydroxylation sites is 2. The molecule has 0 saturated heterocycles. The molecule has 0 fully saturated rings. The molecule has 0 N–H and O–H groups in total. The van der Waals surface area contributed by atoms with E-state index >= 15 is 0 Å². The summed E-state index contributed by atoms with van der Waals surface area (Å²) >= 11 is 0. The van der Waals surface area contributed by atoms with Crippen LogP contribution in [0.3, 0.4) is 0 Å². The molecule has 20 heavy (non-hydrogen) atoms. The second kappa shape index (κ2) is 4.67.